The minimum Gasteiger partial charge on any atom is -0.409 e. The van der Waals surface area contributed by atoms with Gasteiger partial charge in [-0.1, -0.05) is 39.3 Å². The van der Waals surface area contributed by atoms with Gasteiger partial charge in [0.25, 0.3) is 0 Å². The fourth-order valence-corrected chi connectivity index (χ4v) is 2.32. The molecule has 20 heavy (non-hydrogen) atoms. The zero-order valence-corrected chi connectivity index (χ0v) is 12.2. The van der Waals surface area contributed by atoms with Gasteiger partial charge in [0.1, 0.15) is 5.92 Å². The van der Waals surface area contributed by atoms with Gasteiger partial charge in [-0.25, -0.2) is 0 Å². The van der Waals surface area contributed by atoms with Gasteiger partial charge in [-0.3, -0.25) is 0 Å². The number of nitrogens with zero attached hydrogens (tertiary/aromatic N) is 1. The Morgan fingerprint density at radius 2 is 2.05 bits per heavy atom. The number of hydrogen-bond acceptors (Lipinski definition) is 3. The Morgan fingerprint density at radius 3 is 2.55 bits per heavy atom. The highest BCUT2D eigenvalue weighted by molar-refractivity contribution is 9.10. The topological polar surface area (TPSA) is 70.6 Å². The largest absolute Gasteiger partial charge is 0.409 e. The summed E-state index contributed by atoms with van der Waals surface area (Å²) in [7, 11) is 0. The van der Waals surface area contributed by atoms with Gasteiger partial charge in [0.05, 0.1) is 0 Å². The smallest absolute Gasteiger partial charge is 0.400 e. The summed E-state index contributed by atoms with van der Waals surface area (Å²) in [5.74, 6) is -2.89. The van der Waals surface area contributed by atoms with Gasteiger partial charge in [-0.2, -0.15) is 13.2 Å². The van der Waals surface area contributed by atoms with Crippen molar-refractivity contribution in [3.63, 3.8) is 0 Å². The Hall–Kier alpha value is -1.28. The first-order valence-electron chi connectivity index (χ1n) is 5.79. The highest BCUT2D eigenvalue weighted by atomic mass is 79.9. The molecule has 0 aliphatic heterocycles. The molecule has 0 saturated carbocycles. The maximum Gasteiger partial charge on any atom is 0.400 e. The van der Waals surface area contributed by atoms with Crippen LogP contribution in [0.2, 0.25) is 0 Å². The molecule has 2 atom stereocenters. The zero-order valence-electron chi connectivity index (χ0n) is 10.7. The van der Waals surface area contributed by atoms with Crippen molar-refractivity contribution in [3.05, 3.63) is 34.3 Å². The molecule has 4 nitrogen and oxygen atoms in total. The number of nitrogens with two attached hydrogens (primary N) is 1. The van der Waals surface area contributed by atoms with E-state index in [-0.39, 0.29) is 6.04 Å². The van der Waals surface area contributed by atoms with Crippen LogP contribution in [0, 0.1) is 5.92 Å². The molecule has 0 aliphatic carbocycles. The summed E-state index contributed by atoms with van der Waals surface area (Å²) in [6, 6.07) is 6.90. The second-order valence-corrected chi connectivity index (χ2v) is 5.12. The SMILES string of the molecule is C[C@H](NCC(/C(N)=N/O)C(F)(F)F)c1ccccc1Br. The molecule has 0 heterocycles. The molecule has 0 fully saturated rings. The van der Waals surface area contributed by atoms with E-state index in [1.807, 2.05) is 6.07 Å². The minimum atomic E-state index is -4.57. The van der Waals surface area contributed by atoms with Crippen molar-refractivity contribution < 1.29 is 18.4 Å². The molecule has 1 rings (SSSR count). The Bertz CT molecular complexity index is 479. The fourth-order valence-electron chi connectivity index (χ4n) is 1.69. The summed E-state index contributed by atoms with van der Waals surface area (Å²) in [6.45, 7) is 1.27. The van der Waals surface area contributed by atoms with E-state index in [9.17, 15) is 13.2 Å². The summed E-state index contributed by atoms with van der Waals surface area (Å²) >= 11 is 3.34. The van der Waals surface area contributed by atoms with Crippen molar-refractivity contribution >= 4 is 21.8 Å². The van der Waals surface area contributed by atoms with Crippen molar-refractivity contribution in [1.82, 2.24) is 5.32 Å². The average molecular weight is 354 g/mol. The molecule has 0 radical (unpaired) electrons. The summed E-state index contributed by atoms with van der Waals surface area (Å²) in [5.41, 5.74) is 5.92. The van der Waals surface area contributed by atoms with Crippen LogP contribution in [0.4, 0.5) is 13.2 Å². The monoisotopic (exact) mass is 353 g/mol. The van der Waals surface area contributed by atoms with Gasteiger partial charge in [-0.05, 0) is 18.6 Å². The van der Waals surface area contributed by atoms with Crippen LogP contribution in [0.1, 0.15) is 18.5 Å². The molecule has 1 aromatic rings. The third kappa shape index (κ3) is 4.38. The number of halogens is 4. The summed E-state index contributed by atoms with van der Waals surface area (Å²) in [4.78, 5) is 0. The minimum absolute atomic E-state index is 0.318. The maximum absolute atomic E-state index is 12.8. The van der Waals surface area contributed by atoms with Crippen LogP contribution >= 0.6 is 15.9 Å². The number of rotatable bonds is 5. The number of hydrogen-bond donors (Lipinski definition) is 3. The van der Waals surface area contributed by atoms with Gasteiger partial charge in [0.2, 0.25) is 0 Å². The molecule has 0 saturated heterocycles. The lowest BCUT2D eigenvalue weighted by Crippen LogP contribution is -2.43. The van der Waals surface area contributed by atoms with Gasteiger partial charge in [-0.15, -0.1) is 0 Å². The predicted molar refractivity (Wildman–Crippen MR) is 73.5 cm³/mol. The van der Waals surface area contributed by atoms with Crippen molar-refractivity contribution in [2.24, 2.45) is 16.8 Å². The second kappa shape index (κ2) is 6.94. The first kappa shape index (κ1) is 16.8. The van der Waals surface area contributed by atoms with Crippen LogP contribution in [0.5, 0.6) is 0 Å². The van der Waals surface area contributed by atoms with Crippen LogP contribution in [-0.4, -0.2) is 23.8 Å². The lowest BCUT2D eigenvalue weighted by Gasteiger charge is -2.22. The van der Waals surface area contributed by atoms with Gasteiger partial charge < -0.3 is 16.3 Å². The quantitative estimate of drug-likeness (QED) is 0.330. The first-order valence-corrected chi connectivity index (χ1v) is 6.58. The molecule has 8 heteroatoms. The Labute approximate surface area is 123 Å². The number of alkyl halides is 3. The molecule has 1 aromatic carbocycles. The second-order valence-electron chi connectivity index (χ2n) is 4.27. The van der Waals surface area contributed by atoms with E-state index in [1.165, 1.54) is 0 Å². The molecular formula is C12H15BrF3N3O. The van der Waals surface area contributed by atoms with E-state index in [2.05, 4.69) is 26.4 Å². The summed E-state index contributed by atoms with van der Waals surface area (Å²) < 4.78 is 39.1. The average Bonchev–Trinajstić information content (AvgIpc) is 2.37. The molecule has 0 amide bonds. The molecule has 0 spiro atoms. The first-order chi connectivity index (χ1) is 9.27. The standard InChI is InChI=1S/C12H15BrF3N3O/c1-7(8-4-2-3-5-10(8)13)18-6-9(11(17)19-20)12(14,15)16/h2-5,7,9,18,20H,6H2,1H3,(H2,17,19)/t7-,9?/m0/s1. The van der Waals surface area contributed by atoms with Crippen LogP contribution in [0.3, 0.4) is 0 Å². The molecule has 0 bridgehead atoms. The highest BCUT2D eigenvalue weighted by Crippen LogP contribution is 2.27. The van der Waals surface area contributed by atoms with Crippen molar-refractivity contribution in [3.8, 4) is 0 Å². The molecule has 0 aromatic heterocycles. The van der Waals surface area contributed by atoms with Gasteiger partial charge in [0.15, 0.2) is 5.84 Å². The van der Waals surface area contributed by atoms with Crippen LogP contribution in [0.25, 0.3) is 0 Å². The van der Waals surface area contributed by atoms with E-state index in [0.717, 1.165) is 10.0 Å². The van der Waals surface area contributed by atoms with Crippen molar-refractivity contribution in [1.29, 1.82) is 0 Å². The van der Waals surface area contributed by atoms with E-state index in [1.54, 1.807) is 25.1 Å². The summed E-state index contributed by atoms with van der Waals surface area (Å²) in [6.07, 6.45) is -4.57. The molecule has 4 N–H and O–H groups in total. The number of benzene rings is 1. The van der Waals surface area contributed by atoms with Crippen LogP contribution in [-0.2, 0) is 0 Å². The van der Waals surface area contributed by atoms with Gasteiger partial charge in [0, 0.05) is 17.1 Å². The lowest BCUT2D eigenvalue weighted by atomic mass is 10.1. The normalized spacial score (nSPS) is 15.9. The molecule has 112 valence electrons. The fraction of sp³-hybridized carbons (Fsp3) is 0.417. The van der Waals surface area contributed by atoms with Crippen molar-refractivity contribution in [2.75, 3.05) is 6.54 Å². The number of oxime groups is 1. The van der Waals surface area contributed by atoms with Crippen molar-refractivity contribution in [2.45, 2.75) is 19.1 Å². The number of amidine groups is 1. The van der Waals surface area contributed by atoms with E-state index in [0.29, 0.717) is 0 Å². The van der Waals surface area contributed by atoms with Gasteiger partial charge >= 0.3 is 6.18 Å². The summed E-state index contributed by atoms with van der Waals surface area (Å²) in [5, 5.41) is 13.6. The van der Waals surface area contributed by atoms with E-state index < -0.39 is 24.5 Å². The zero-order chi connectivity index (χ0) is 15.3. The predicted octanol–water partition coefficient (Wildman–Crippen LogP) is 3.02. The van der Waals surface area contributed by atoms with Crippen LogP contribution in [0.15, 0.2) is 33.9 Å². The Morgan fingerprint density at radius 1 is 1.45 bits per heavy atom. The molecular weight excluding hydrogens is 339 g/mol. The third-order valence-electron chi connectivity index (χ3n) is 2.87. The number of nitrogens with one attached hydrogen (secondary N) is 1. The van der Waals surface area contributed by atoms with E-state index >= 15 is 0 Å². The Kier molecular flexibility index (Phi) is 5.82. The maximum atomic E-state index is 12.8. The Balaban J connectivity index is 2.76. The third-order valence-corrected chi connectivity index (χ3v) is 3.59. The highest BCUT2D eigenvalue weighted by Gasteiger charge is 2.42. The molecule has 1 unspecified atom stereocenters. The van der Waals surface area contributed by atoms with E-state index in [4.69, 9.17) is 10.9 Å². The van der Waals surface area contributed by atoms with Crippen LogP contribution < -0.4 is 11.1 Å². The molecule has 0 aliphatic rings. The lowest BCUT2D eigenvalue weighted by molar-refractivity contribution is -0.155.